The lowest BCUT2D eigenvalue weighted by atomic mass is 10.3. The third-order valence-corrected chi connectivity index (χ3v) is 3.07. The topological polar surface area (TPSA) is 96.3 Å². The van der Waals surface area contributed by atoms with E-state index in [0.29, 0.717) is 23.6 Å². The number of nitrogens with zero attached hydrogens (tertiary/aromatic N) is 4. The van der Waals surface area contributed by atoms with E-state index in [1.54, 1.807) is 43.8 Å². The first-order valence-corrected chi connectivity index (χ1v) is 7.33. The maximum absolute atomic E-state index is 10.6. The first-order valence-electron chi connectivity index (χ1n) is 7.33. The number of carbonyl (C=O) groups excluding carboxylic acids is 1. The quantitative estimate of drug-likeness (QED) is 0.606. The predicted molar refractivity (Wildman–Crippen MR) is 87.7 cm³/mol. The number of aromatic nitrogens is 4. The molecular weight excluding hydrogens is 324 g/mol. The van der Waals surface area contributed by atoms with Gasteiger partial charge in [-0.05, 0) is 18.2 Å². The molecule has 126 valence electrons. The molecule has 8 nitrogen and oxygen atoms in total. The lowest BCUT2D eigenvalue weighted by molar-refractivity contribution is -0.109. The van der Waals surface area contributed by atoms with Crippen molar-refractivity contribution in [1.29, 1.82) is 0 Å². The Morgan fingerprint density at radius 1 is 0.960 bits per heavy atom. The summed E-state index contributed by atoms with van der Waals surface area (Å²) in [6.07, 6.45) is 5.22. The van der Waals surface area contributed by atoms with E-state index < -0.39 is 0 Å². The average molecular weight is 338 g/mol. The van der Waals surface area contributed by atoms with Crippen LogP contribution in [0.3, 0.4) is 0 Å². The monoisotopic (exact) mass is 338 g/mol. The molecule has 0 amide bonds. The fourth-order valence-electron chi connectivity index (χ4n) is 1.99. The number of hydrogen-bond acceptors (Lipinski definition) is 8. The highest BCUT2D eigenvalue weighted by Crippen LogP contribution is 2.35. The van der Waals surface area contributed by atoms with Crippen molar-refractivity contribution >= 4 is 6.29 Å². The molecule has 2 aromatic heterocycles. The molecule has 3 aromatic rings. The van der Waals surface area contributed by atoms with Gasteiger partial charge < -0.3 is 14.2 Å². The summed E-state index contributed by atoms with van der Waals surface area (Å²) >= 11 is 0. The van der Waals surface area contributed by atoms with E-state index >= 15 is 0 Å². The van der Waals surface area contributed by atoms with Crippen LogP contribution in [-0.2, 0) is 4.79 Å². The largest absolute Gasteiger partial charge is 0.493 e. The van der Waals surface area contributed by atoms with Crippen molar-refractivity contribution in [2.24, 2.45) is 0 Å². The number of para-hydroxylation sites is 2. The van der Waals surface area contributed by atoms with Crippen LogP contribution in [0.1, 0.15) is 0 Å². The van der Waals surface area contributed by atoms with Crippen LogP contribution in [0.2, 0.25) is 0 Å². The number of aldehydes is 1. The summed E-state index contributed by atoms with van der Waals surface area (Å²) < 4.78 is 16.4. The second-order valence-electron chi connectivity index (χ2n) is 4.67. The van der Waals surface area contributed by atoms with Gasteiger partial charge in [-0.25, -0.2) is 15.0 Å². The SMILES string of the molecule is COc1ccccc1Oc1cnc(-c2ncccn2)nc1OCC=O. The zero-order chi connectivity index (χ0) is 17.5. The van der Waals surface area contributed by atoms with Crippen LogP contribution in [0.4, 0.5) is 0 Å². The van der Waals surface area contributed by atoms with Crippen molar-refractivity contribution in [2.45, 2.75) is 0 Å². The molecule has 0 unspecified atom stereocenters. The van der Waals surface area contributed by atoms with Gasteiger partial charge in [0.2, 0.25) is 11.6 Å². The molecule has 0 N–H and O–H groups in total. The van der Waals surface area contributed by atoms with Crippen molar-refractivity contribution in [3.63, 3.8) is 0 Å². The van der Waals surface area contributed by atoms with Crippen molar-refractivity contribution in [1.82, 2.24) is 19.9 Å². The number of hydrogen-bond donors (Lipinski definition) is 0. The minimum Gasteiger partial charge on any atom is -0.493 e. The van der Waals surface area contributed by atoms with E-state index in [1.807, 2.05) is 6.07 Å². The normalized spacial score (nSPS) is 10.1. The standard InChI is InChI=1S/C17H14N4O4/c1-23-12-5-2-3-6-13(12)25-14-11-20-16(15-18-7-4-8-19-15)21-17(14)24-10-9-22/h2-9,11H,10H2,1H3. The van der Waals surface area contributed by atoms with Crippen molar-refractivity contribution in [3.05, 3.63) is 48.9 Å². The van der Waals surface area contributed by atoms with Crippen molar-refractivity contribution in [3.8, 4) is 34.8 Å². The Bertz CT molecular complexity index is 858. The maximum Gasteiger partial charge on any atom is 0.261 e. The minimum absolute atomic E-state index is 0.107. The maximum atomic E-state index is 10.6. The van der Waals surface area contributed by atoms with Gasteiger partial charge >= 0.3 is 0 Å². The number of ether oxygens (including phenoxy) is 3. The van der Waals surface area contributed by atoms with Gasteiger partial charge in [-0.1, -0.05) is 12.1 Å². The van der Waals surface area contributed by atoms with Crippen LogP contribution in [0.25, 0.3) is 11.6 Å². The summed E-state index contributed by atoms with van der Waals surface area (Å²) in [7, 11) is 1.54. The Hall–Kier alpha value is -3.55. The first kappa shape index (κ1) is 16.3. The Morgan fingerprint density at radius 3 is 2.44 bits per heavy atom. The first-order chi connectivity index (χ1) is 12.3. The molecule has 0 aliphatic carbocycles. The molecule has 25 heavy (non-hydrogen) atoms. The van der Waals surface area contributed by atoms with Gasteiger partial charge in [0.25, 0.3) is 5.88 Å². The summed E-state index contributed by atoms with van der Waals surface area (Å²) in [6, 6.07) is 8.80. The predicted octanol–water partition coefficient (Wildman–Crippen LogP) is 2.31. The molecule has 8 heteroatoms. The van der Waals surface area contributed by atoms with Crippen LogP contribution >= 0.6 is 0 Å². The van der Waals surface area contributed by atoms with Gasteiger partial charge in [0, 0.05) is 12.4 Å². The average Bonchev–Trinajstić information content (AvgIpc) is 2.68. The molecule has 0 bridgehead atoms. The van der Waals surface area contributed by atoms with Crippen LogP contribution in [0.15, 0.2) is 48.9 Å². The summed E-state index contributed by atoms with van der Waals surface area (Å²) in [5.41, 5.74) is 0. The summed E-state index contributed by atoms with van der Waals surface area (Å²) in [4.78, 5) is 27.3. The van der Waals surface area contributed by atoms with Crippen molar-refractivity contribution in [2.75, 3.05) is 13.7 Å². The third kappa shape index (κ3) is 3.86. The molecule has 0 atom stereocenters. The highest BCUT2D eigenvalue weighted by Gasteiger charge is 2.15. The molecule has 0 spiro atoms. The van der Waals surface area contributed by atoms with Crippen molar-refractivity contribution < 1.29 is 19.0 Å². The number of methoxy groups -OCH3 is 1. The highest BCUT2D eigenvalue weighted by atomic mass is 16.5. The van der Waals surface area contributed by atoms with Gasteiger partial charge in [0.1, 0.15) is 6.61 Å². The second kappa shape index (κ2) is 7.82. The molecule has 0 saturated heterocycles. The van der Waals surface area contributed by atoms with E-state index in [1.165, 1.54) is 6.20 Å². The van der Waals surface area contributed by atoms with Gasteiger partial charge in [-0.15, -0.1) is 0 Å². The molecule has 3 rings (SSSR count). The molecule has 1 aromatic carbocycles. The Kier molecular flexibility index (Phi) is 5.10. The summed E-state index contributed by atoms with van der Waals surface area (Å²) in [6.45, 7) is -0.172. The van der Waals surface area contributed by atoms with Crippen LogP contribution in [0, 0.1) is 0 Å². The fourth-order valence-corrected chi connectivity index (χ4v) is 1.99. The Labute approximate surface area is 143 Å². The molecular formula is C17H14N4O4. The molecule has 2 heterocycles. The fraction of sp³-hybridized carbons (Fsp3) is 0.118. The molecule has 0 aliphatic heterocycles. The molecule has 0 aliphatic rings. The molecule has 0 radical (unpaired) electrons. The summed E-state index contributed by atoms with van der Waals surface area (Å²) in [5.74, 6) is 1.95. The van der Waals surface area contributed by atoms with E-state index in [0.717, 1.165) is 0 Å². The Balaban J connectivity index is 1.96. The Morgan fingerprint density at radius 2 is 1.72 bits per heavy atom. The lowest BCUT2D eigenvalue weighted by Crippen LogP contribution is -2.04. The van der Waals surface area contributed by atoms with E-state index in [-0.39, 0.29) is 24.1 Å². The molecule has 0 fully saturated rings. The van der Waals surface area contributed by atoms with E-state index in [4.69, 9.17) is 14.2 Å². The van der Waals surface area contributed by atoms with E-state index in [2.05, 4.69) is 19.9 Å². The number of rotatable bonds is 7. The second-order valence-corrected chi connectivity index (χ2v) is 4.67. The minimum atomic E-state index is -0.172. The van der Waals surface area contributed by atoms with Crippen LogP contribution in [0.5, 0.6) is 23.1 Å². The van der Waals surface area contributed by atoms with E-state index in [9.17, 15) is 4.79 Å². The molecule has 0 saturated carbocycles. The zero-order valence-corrected chi connectivity index (χ0v) is 13.3. The smallest absolute Gasteiger partial charge is 0.261 e. The van der Waals surface area contributed by atoms with Crippen LogP contribution < -0.4 is 14.2 Å². The zero-order valence-electron chi connectivity index (χ0n) is 13.3. The van der Waals surface area contributed by atoms with Gasteiger partial charge in [-0.3, -0.25) is 4.79 Å². The number of carbonyl (C=O) groups is 1. The number of benzene rings is 1. The van der Waals surface area contributed by atoms with Gasteiger partial charge in [0.15, 0.2) is 23.6 Å². The van der Waals surface area contributed by atoms with Gasteiger partial charge in [-0.2, -0.15) is 4.98 Å². The van der Waals surface area contributed by atoms with Crippen LogP contribution in [-0.4, -0.2) is 39.9 Å². The van der Waals surface area contributed by atoms with Gasteiger partial charge in [0.05, 0.1) is 13.3 Å². The lowest BCUT2D eigenvalue weighted by Gasteiger charge is -2.12. The highest BCUT2D eigenvalue weighted by molar-refractivity contribution is 5.53. The summed E-state index contributed by atoms with van der Waals surface area (Å²) in [5, 5.41) is 0. The third-order valence-electron chi connectivity index (χ3n) is 3.07.